The lowest BCUT2D eigenvalue weighted by Gasteiger charge is -2.08. The Labute approximate surface area is 116 Å². The van der Waals surface area contributed by atoms with Crippen LogP contribution in [0.2, 0.25) is 0 Å². The highest BCUT2D eigenvalue weighted by Crippen LogP contribution is 2.27. The van der Waals surface area contributed by atoms with Crippen molar-refractivity contribution in [3.05, 3.63) is 48.4 Å². The quantitative estimate of drug-likeness (QED) is 0.789. The van der Waals surface area contributed by atoms with E-state index in [4.69, 9.17) is 4.74 Å². The molecule has 0 bridgehead atoms. The van der Waals surface area contributed by atoms with Crippen molar-refractivity contribution in [2.45, 2.75) is 6.92 Å². The molecule has 0 aliphatic heterocycles. The third kappa shape index (κ3) is 2.38. The third-order valence-electron chi connectivity index (χ3n) is 2.91. The molecule has 1 aromatic carbocycles. The maximum Gasteiger partial charge on any atom is 0.239 e. The molecule has 0 aliphatic carbocycles. The van der Waals surface area contributed by atoms with Crippen molar-refractivity contribution in [2.75, 3.05) is 12.4 Å². The van der Waals surface area contributed by atoms with E-state index in [9.17, 15) is 0 Å². The summed E-state index contributed by atoms with van der Waals surface area (Å²) < 4.78 is 5.81. The fourth-order valence-electron chi connectivity index (χ4n) is 1.93. The fraction of sp³-hybridized carbons (Fsp3) is 0.133. The number of nitrogens with one attached hydrogen (secondary N) is 1. The molecule has 0 aliphatic rings. The molecular weight excluding hydrogens is 252 g/mol. The molecule has 0 atom stereocenters. The normalized spacial score (nSPS) is 10.5. The molecule has 0 amide bonds. The molecule has 2 heterocycles. The van der Waals surface area contributed by atoms with Crippen LogP contribution in [0.25, 0.3) is 10.9 Å². The number of hydrogen-bond acceptors (Lipinski definition) is 5. The van der Waals surface area contributed by atoms with E-state index in [1.165, 1.54) is 0 Å². The molecule has 3 aromatic rings. The van der Waals surface area contributed by atoms with Crippen molar-refractivity contribution in [2.24, 2.45) is 0 Å². The monoisotopic (exact) mass is 266 g/mol. The minimum atomic E-state index is 0.438. The summed E-state index contributed by atoms with van der Waals surface area (Å²) in [5.41, 5.74) is 1.77. The van der Waals surface area contributed by atoms with Crippen LogP contribution in [0.4, 0.5) is 5.82 Å². The highest BCUT2D eigenvalue weighted by atomic mass is 16.5. The molecule has 2 aromatic heterocycles. The van der Waals surface area contributed by atoms with E-state index in [-0.39, 0.29) is 0 Å². The Hall–Kier alpha value is -2.69. The minimum Gasteiger partial charge on any atom is -0.435 e. The second-order valence-corrected chi connectivity index (χ2v) is 4.38. The summed E-state index contributed by atoms with van der Waals surface area (Å²) in [5, 5.41) is 3.96. The van der Waals surface area contributed by atoms with E-state index in [0.717, 1.165) is 16.6 Å². The van der Waals surface area contributed by atoms with Gasteiger partial charge in [0.25, 0.3) is 0 Å². The van der Waals surface area contributed by atoms with Crippen LogP contribution in [0.15, 0.2) is 42.7 Å². The summed E-state index contributed by atoms with van der Waals surface area (Å²) in [6, 6.07) is 9.82. The predicted octanol–water partition coefficient (Wildman–Crippen LogP) is 3.17. The Morgan fingerprint density at radius 3 is 2.80 bits per heavy atom. The second kappa shape index (κ2) is 5.13. The highest BCUT2D eigenvalue weighted by molar-refractivity contribution is 5.84. The zero-order valence-electron chi connectivity index (χ0n) is 11.3. The number of rotatable bonds is 3. The molecule has 20 heavy (non-hydrogen) atoms. The SMILES string of the molecule is CNc1cncc(Oc2cccc3ccc(C)nc23)n1. The van der Waals surface area contributed by atoms with E-state index in [1.807, 2.05) is 37.3 Å². The summed E-state index contributed by atoms with van der Waals surface area (Å²) in [6.07, 6.45) is 3.22. The van der Waals surface area contributed by atoms with Gasteiger partial charge in [-0.2, -0.15) is 4.98 Å². The van der Waals surface area contributed by atoms with Crippen LogP contribution in [0, 0.1) is 6.92 Å². The molecule has 0 saturated carbocycles. The van der Waals surface area contributed by atoms with E-state index < -0.39 is 0 Å². The topological polar surface area (TPSA) is 59.9 Å². The lowest BCUT2D eigenvalue weighted by Crippen LogP contribution is -1.96. The van der Waals surface area contributed by atoms with Crippen molar-refractivity contribution in [3.63, 3.8) is 0 Å². The average Bonchev–Trinajstić information content (AvgIpc) is 2.48. The Balaban J connectivity index is 2.03. The largest absolute Gasteiger partial charge is 0.435 e. The zero-order chi connectivity index (χ0) is 13.9. The van der Waals surface area contributed by atoms with Gasteiger partial charge < -0.3 is 10.1 Å². The van der Waals surface area contributed by atoms with Gasteiger partial charge in [-0.15, -0.1) is 0 Å². The Morgan fingerprint density at radius 1 is 1.05 bits per heavy atom. The third-order valence-corrected chi connectivity index (χ3v) is 2.91. The van der Waals surface area contributed by atoms with Crippen LogP contribution in [-0.2, 0) is 0 Å². The first-order valence-electron chi connectivity index (χ1n) is 6.30. The summed E-state index contributed by atoms with van der Waals surface area (Å²) in [4.78, 5) is 12.9. The Kier molecular flexibility index (Phi) is 3.16. The number of nitrogens with zero attached hydrogens (tertiary/aromatic N) is 3. The first-order chi connectivity index (χ1) is 9.76. The Morgan fingerprint density at radius 2 is 1.95 bits per heavy atom. The van der Waals surface area contributed by atoms with Gasteiger partial charge in [0.1, 0.15) is 11.3 Å². The summed E-state index contributed by atoms with van der Waals surface area (Å²) in [6.45, 7) is 1.96. The number of aromatic nitrogens is 3. The van der Waals surface area contributed by atoms with Crippen LogP contribution in [0.3, 0.4) is 0 Å². The van der Waals surface area contributed by atoms with Gasteiger partial charge >= 0.3 is 0 Å². The van der Waals surface area contributed by atoms with Crippen LogP contribution >= 0.6 is 0 Å². The number of para-hydroxylation sites is 1. The molecule has 3 rings (SSSR count). The second-order valence-electron chi connectivity index (χ2n) is 4.38. The smallest absolute Gasteiger partial charge is 0.239 e. The molecule has 5 nitrogen and oxygen atoms in total. The predicted molar refractivity (Wildman–Crippen MR) is 78.1 cm³/mol. The molecule has 0 unspecified atom stereocenters. The lowest BCUT2D eigenvalue weighted by atomic mass is 10.2. The number of benzene rings is 1. The first-order valence-corrected chi connectivity index (χ1v) is 6.30. The van der Waals surface area contributed by atoms with Gasteiger partial charge in [-0.3, -0.25) is 4.98 Å². The van der Waals surface area contributed by atoms with Gasteiger partial charge in [0, 0.05) is 18.1 Å². The number of anilines is 1. The van der Waals surface area contributed by atoms with E-state index >= 15 is 0 Å². The van der Waals surface area contributed by atoms with E-state index in [0.29, 0.717) is 17.4 Å². The van der Waals surface area contributed by atoms with Crippen molar-refractivity contribution < 1.29 is 4.74 Å². The number of ether oxygens (including phenoxy) is 1. The van der Waals surface area contributed by atoms with Crippen LogP contribution in [-0.4, -0.2) is 22.0 Å². The van der Waals surface area contributed by atoms with Crippen molar-refractivity contribution >= 4 is 16.7 Å². The maximum absolute atomic E-state index is 5.81. The van der Waals surface area contributed by atoms with Crippen LogP contribution in [0.1, 0.15) is 5.69 Å². The van der Waals surface area contributed by atoms with Crippen molar-refractivity contribution in [1.29, 1.82) is 0 Å². The summed E-state index contributed by atoms with van der Waals surface area (Å²) >= 11 is 0. The molecule has 0 fully saturated rings. The van der Waals surface area contributed by atoms with Gasteiger partial charge in [-0.25, -0.2) is 4.98 Å². The van der Waals surface area contributed by atoms with Crippen molar-refractivity contribution in [1.82, 2.24) is 15.0 Å². The van der Waals surface area contributed by atoms with E-state index in [1.54, 1.807) is 19.4 Å². The molecule has 5 heteroatoms. The molecular formula is C15H14N4O. The van der Waals surface area contributed by atoms with Gasteiger partial charge in [0.15, 0.2) is 5.75 Å². The number of hydrogen-bond donors (Lipinski definition) is 1. The van der Waals surface area contributed by atoms with Crippen LogP contribution in [0.5, 0.6) is 11.6 Å². The molecule has 0 saturated heterocycles. The lowest BCUT2D eigenvalue weighted by molar-refractivity contribution is 0.465. The van der Waals surface area contributed by atoms with E-state index in [2.05, 4.69) is 20.3 Å². The number of fused-ring (bicyclic) bond motifs is 1. The van der Waals surface area contributed by atoms with Gasteiger partial charge in [0.05, 0.1) is 12.4 Å². The van der Waals surface area contributed by atoms with Crippen LogP contribution < -0.4 is 10.1 Å². The molecule has 0 radical (unpaired) electrons. The summed E-state index contributed by atoms with van der Waals surface area (Å²) in [7, 11) is 1.79. The Bertz CT molecular complexity index is 758. The molecule has 0 spiro atoms. The fourth-order valence-corrected chi connectivity index (χ4v) is 1.93. The maximum atomic E-state index is 5.81. The number of aryl methyl sites for hydroxylation is 1. The standard InChI is InChI=1S/C15H14N4O/c1-10-6-7-11-4-3-5-12(15(11)18-10)20-14-9-17-8-13(16-2)19-14/h3-9H,1-2H3,(H,16,19). The highest BCUT2D eigenvalue weighted by Gasteiger charge is 2.06. The van der Waals surface area contributed by atoms with Gasteiger partial charge in [0.2, 0.25) is 5.88 Å². The van der Waals surface area contributed by atoms with Gasteiger partial charge in [-0.1, -0.05) is 18.2 Å². The minimum absolute atomic E-state index is 0.438. The average molecular weight is 266 g/mol. The zero-order valence-corrected chi connectivity index (χ0v) is 11.3. The van der Waals surface area contributed by atoms with Gasteiger partial charge in [-0.05, 0) is 19.1 Å². The number of pyridine rings is 1. The first kappa shape index (κ1) is 12.3. The molecule has 100 valence electrons. The molecule has 1 N–H and O–H groups in total. The van der Waals surface area contributed by atoms with Crippen molar-refractivity contribution in [3.8, 4) is 11.6 Å². The summed E-state index contributed by atoms with van der Waals surface area (Å²) in [5.74, 6) is 1.77.